The topological polar surface area (TPSA) is 59.7 Å². The van der Waals surface area contributed by atoms with E-state index in [9.17, 15) is 9.59 Å². The number of aromatic nitrogens is 1. The fourth-order valence-corrected chi connectivity index (χ4v) is 5.05. The summed E-state index contributed by atoms with van der Waals surface area (Å²) in [5.74, 6) is -0.167. The van der Waals surface area contributed by atoms with Gasteiger partial charge in [0.2, 0.25) is 5.91 Å². The number of aromatic amines is 1. The van der Waals surface area contributed by atoms with E-state index in [-0.39, 0.29) is 11.8 Å². The summed E-state index contributed by atoms with van der Waals surface area (Å²) >= 11 is 0. The summed E-state index contributed by atoms with van der Waals surface area (Å²) in [6, 6.07) is 16.0. The van der Waals surface area contributed by atoms with Crippen molar-refractivity contribution in [3.8, 4) is 0 Å². The zero-order valence-corrected chi connectivity index (χ0v) is 16.9. The molecule has 0 unspecified atom stereocenters. The van der Waals surface area contributed by atoms with Gasteiger partial charge in [-0.2, -0.15) is 0 Å². The van der Waals surface area contributed by atoms with Gasteiger partial charge in [0.1, 0.15) is 0 Å². The number of anilines is 1. The first-order valence-electron chi connectivity index (χ1n) is 9.90. The molecular formula is C23H24N4O2. The maximum absolute atomic E-state index is 14.1. The number of nitrogens with zero attached hydrogens (tertiary/aromatic N) is 3. The van der Waals surface area contributed by atoms with Crippen molar-refractivity contribution in [3.05, 3.63) is 65.4 Å². The van der Waals surface area contributed by atoms with Crippen molar-refractivity contribution in [2.24, 2.45) is 0 Å². The second-order valence-corrected chi connectivity index (χ2v) is 8.13. The molecule has 2 amide bonds. The van der Waals surface area contributed by atoms with Crippen molar-refractivity contribution in [3.63, 3.8) is 0 Å². The van der Waals surface area contributed by atoms with Crippen LogP contribution in [-0.2, 0) is 21.5 Å². The van der Waals surface area contributed by atoms with Crippen molar-refractivity contribution in [1.82, 2.24) is 14.8 Å². The van der Waals surface area contributed by atoms with E-state index >= 15 is 0 Å². The predicted octanol–water partition coefficient (Wildman–Crippen LogP) is 2.68. The first kappa shape index (κ1) is 17.9. The molecule has 1 atom stereocenters. The second kappa shape index (κ2) is 6.19. The average molecular weight is 388 g/mol. The van der Waals surface area contributed by atoms with Crippen LogP contribution >= 0.6 is 0 Å². The maximum atomic E-state index is 14.1. The molecule has 1 N–H and O–H groups in total. The number of H-pyrrole nitrogens is 1. The Bertz CT molecular complexity index is 1150. The molecule has 1 spiro atoms. The van der Waals surface area contributed by atoms with Crippen molar-refractivity contribution >= 4 is 28.4 Å². The van der Waals surface area contributed by atoms with Gasteiger partial charge in [-0.1, -0.05) is 36.4 Å². The van der Waals surface area contributed by atoms with Crippen molar-refractivity contribution in [1.29, 1.82) is 0 Å². The average Bonchev–Trinajstić information content (AvgIpc) is 3.19. The molecule has 6 nitrogen and oxygen atoms in total. The van der Waals surface area contributed by atoms with Gasteiger partial charge in [-0.15, -0.1) is 0 Å². The van der Waals surface area contributed by atoms with E-state index in [1.165, 1.54) is 0 Å². The molecule has 0 fully saturated rings. The highest BCUT2D eigenvalue weighted by atomic mass is 16.2. The maximum Gasteiger partial charge on any atom is 0.265 e. The number of fused-ring (bicyclic) bond motifs is 6. The van der Waals surface area contributed by atoms with Crippen LogP contribution in [0.15, 0.2) is 48.5 Å². The molecule has 0 aliphatic carbocycles. The molecule has 6 heteroatoms. The third-order valence-electron chi connectivity index (χ3n) is 6.11. The Morgan fingerprint density at radius 1 is 1.14 bits per heavy atom. The second-order valence-electron chi connectivity index (χ2n) is 8.13. The van der Waals surface area contributed by atoms with Crippen LogP contribution in [0, 0.1) is 0 Å². The Hall–Kier alpha value is -3.12. The Balaban J connectivity index is 1.86. The molecule has 2 aliphatic heterocycles. The first-order chi connectivity index (χ1) is 14.0. The van der Waals surface area contributed by atoms with E-state index in [2.05, 4.69) is 11.1 Å². The van der Waals surface area contributed by atoms with Gasteiger partial charge in [0.05, 0.1) is 18.1 Å². The Labute approximate surface area is 169 Å². The summed E-state index contributed by atoms with van der Waals surface area (Å²) in [7, 11) is 3.89. The van der Waals surface area contributed by atoms with Gasteiger partial charge in [0, 0.05) is 29.9 Å². The number of benzene rings is 2. The Morgan fingerprint density at radius 2 is 1.86 bits per heavy atom. The number of rotatable bonds is 2. The molecule has 3 aromatic rings. The van der Waals surface area contributed by atoms with Crippen LogP contribution in [0.4, 0.5) is 5.69 Å². The lowest BCUT2D eigenvalue weighted by atomic mass is 9.80. The minimum absolute atomic E-state index is 0.0740. The van der Waals surface area contributed by atoms with Crippen LogP contribution in [0.25, 0.3) is 10.9 Å². The monoisotopic (exact) mass is 388 g/mol. The van der Waals surface area contributed by atoms with E-state index in [0.29, 0.717) is 13.2 Å². The molecule has 3 heterocycles. The van der Waals surface area contributed by atoms with Gasteiger partial charge >= 0.3 is 0 Å². The van der Waals surface area contributed by atoms with Gasteiger partial charge < -0.3 is 9.88 Å². The lowest BCUT2D eigenvalue weighted by Gasteiger charge is -2.43. The lowest BCUT2D eigenvalue weighted by Crippen LogP contribution is -2.59. The normalized spacial score (nSPS) is 20.6. The molecule has 5 rings (SSSR count). The summed E-state index contributed by atoms with van der Waals surface area (Å²) in [6.45, 7) is 2.53. The summed E-state index contributed by atoms with van der Waals surface area (Å²) < 4.78 is 0. The summed E-state index contributed by atoms with van der Waals surface area (Å²) in [6.07, 6.45) is 0.726. The van der Waals surface area contributed by atoms with Gasteiger partial charge in [-0.25, -0.2) is 0 Å². The molecule has 0 saturated carbocycles. The zero-order chi connectivity index (χ0) is 20.3. The van der Waals surface area contributed by atoms with Crippen molar-refractivity contribution in [2.45, 2.75) is 18.9 Å². The highest BCUT2D eigenvalue weighted by Gasteiger charge is 2.60. The third-order valence-corrected chi connectivity index (χ3v) is 6.11. The molecule has 2 aliphatic rings. The quantitative estimate of drug-likeness (QED) is 0.734. The van der Waals surface area contributed by atoms with Gasteiger partial charge in [-0.05, 0) is 38.2 Å². The van der Waals surface area contributed by atoms with E-state index in [0.717, 1.165) is 39.8 Å². The SMILES string of the molecule is CC(=O)N1CCc2c([nH]c3ccccc23)[C@]12C(=O)N(CN(C)C)c1ccccc12. The van der Waals surface area contributed by atoms with E-state index in [4.69, 9.17) is 0 Å². The minimum atomic E-state index is -1.15. The van der Waals surface area contributed by atoms with E-state index < -0.39 is 5.54 Å². The number of amides is 2. The fraction of sp³-hybridized carbons (Fsp3) is 0.304. The van der Waals surface area contributed by atoms with Crippen LogP contribution in [0.1, 0.15) is 23.7 Å². The largest absolute Gasteiger partial charge is 0.355 e. The number of para-hydroxylation sites is 2. The molecule has 2 aromatic carbocycles. The first-order valence-corrected chi connectivity index (χ1v) is 9.90. The number of hydrogen-bond acceptors (Lipinski definition) is 3. The summed E-state index contributed by atoms with van der Waals surface area (Å²) in [4.78, 5) is 36.0. The molecule has 0 radical (unpaired) electrons. The van der Waals surface area contributed by atoms with E-state index in [1.54, 1.807) is 16.7 Å². The number of hydrogen-bond donors (Lipinski definition) is 1. The standard InChI is InChI=1S/C23H24N4O2/c1-15(28)27-13-12-17-16-8-4-6-10-19(16)24-21(17)23(27)18-9-5-7-11-20(18)26(22(23)29)14-25(2)3/h4-11,24H,12-14H2,1-3H3/t23-/m1/s1. The predicted molar refractivity (Wildman–Crippen MR) is 113 cm³/mol. The van der Waals surface area contributed by atoms with E-state index in [1.807, 2.05) is 61.5 Å². The minimum Gasteiger partial charge on any atom is -0.355 e. The van der Waals surface area contributed by atoms with Crippen molar-refractivity contribution in [2.75, 3.05) is 32.2 Å². The summed E-state index contributed by atoms with van der Waals surface area (Å²) in [5.41, 5.74) is 3.55. The molecule has 29 heavy (non-hydrogen) atoms. The number of carbonyl (C=O) groups is 2. The fourth-order valence-electron chi connectivity index (χ4n) is 5.05. The van der Waals surface area contributed by atoms with Gasteiger partial charge in [0.15, 0.2) is 5.54 Å². The summed E-state index contributed by atoms with van der Waals surface area (Å²) in [5, 5.41) is 1.13. The van der Waals surface area contributed by atoms with Crippen LogP contribution in [0.5, 0.6) is 0 Å². The smallest absolute Gasteiger partial charge is 0.265 e. The molecule has 1 aromatic heterocycles. The Kier molecular flexibility index (Phi) is 3.83. The molecule has 0 bridgehead atoms. The van der Waals surface area contributed by atoms with Gasteiger partial charge in [-0.3, -0.25) is 19.4 Å². The highest BCUT2D eigenvalue weighted by Crippen LogP contribution is 2.51. The number of carbonyl (C=O) groups excluding carboxylic acids is 2. The zero-order valence-electron chi connectivity index (χ0n) is 16.9. The number of nitrogens with one attached hydrogen (secondary N) is 1. The molecule has 0 saturated heterocycles. The third kappa shape index (κ3) is 2.26. The Morgan fingerprint density at radius 3 is 2.62 bits per heavy atom. The van der Waals surface area contributed by atoms with Gasteiger partial charge in [0.25, 0.3) is 5.91 Å². The highest BCUT2D eigenvalue weighted by molar-refractivity contribution is 6.12. The van der Waals surface area contributed by atoms with Crippen LogP contribution in [-0.4, -0.2) is 53.9 Å². The van der Waals surface area contributed by atoms with Crippen LogP contribution in [0.2, 0.25) is 0 Å². The molecule has 148 valence electrons. The van der Waals surface area contributed by atoms with Crippen molar-refractivity contribution < 1.29 is 9.59 Å². The van der Waals surface area contributed by atoms with Crippen LogP contribution in [0.3, 0.4) is 0 Å². The molecular weight excluding hydrogens is 364 g/mol. The van der Waals surface area contributed by atoms with Crippen LogP contribution < -0.4 is 4.90 Å². The lowest BCUT2D eigenvalue weighted by molar-refractivity contribution is -0.143.